The molecule has 0 radical (unpaired) electrons. The van der Waals surface area contributed by atoms with Crippen LogP contribution in [0.2, 0.25) is 0 Å². The lowest BCUT2D eigenvalue weighted by Gasteiger charge is -2.30. The van der Waals surface area contributed by atoms with E-state index in [1.807, 2.05) is 0 Å². The number of carbonyl (C=O) groups is 3. The Balaban J connectivity index is 3.05. The normalized spacial score (nSPS) is 14.8. The van der Waals surface area contributed by atoms with Crippen LogP contribution in [0.3, 0.4) is 0 Å². The number of carboxylic acid groups (broad SMARTS) is 1. The molecule has 0 saturated heterocycles. The van der Waals surface area contributed by atoms with Crippen LogP contribution < -0.4 is 5.73 Å². The molecule has 0 fully saturated rings. The van der Waals surface area contributed by atoms with Gasteiger partial charge in [-0.1, -0.05) is 30.3 Å². The van der Waals surface area contributed by atoms with Crippen LogP contribution in [0.15, 0.2) is 30.3 Å². The van der Waals surface area contributed by atoms with Crippen molar-refractivity contribution in [2.45, 2.75) is 25.8 Å². The number of ketones is 1. The van der Waals surface area contributed by atoms with E-state index in [1.165, 1.54) is 6.92 Å². The van der Waals surface area contributed by atoms with Crippen molar-refractivity contribution in [2.24, 2.45) is 11.7 Å². The molecule has 0 aliphatic carbocycles. The molecule has 1 aromatic rings. The van der Waals surface area contributed by atoms with Crippen molar-refractivity contribution in [3.8, 4) is 0 Å². The van der Waals surface area contributed by atoms with Gasteiger partial charge in [-0.3, -0.25) is 14.4 Å². The van der Waals surface area contributed by atoms with Crippen LogP contribution in [0.5, 0.6) is 0 Å². The Kier molecular flexibility index (Phi) is 5.60. The molecule has 0 saturated carbocycles. The summed E-state index contributed by atoms with van der Waals surface area (Å²) in [5.74, 6) is -3.79. The summed E-state index contributed by atoms with van der Waals surface area (Å²) in [5.41, 5.74) is 4.41. The molecule has 0 spiro atoms. The third kappa shape index (κ3) is 3.88. The van der Waals surface area contributed by atoms with Crippen molar-refractivity contribution in [2.75, 3.05) is 6.61 Å². The zero-order valence-corrected chi connectivity index (χ0v) is 12.0. The summed E-state index contributed by atoms with van der Waals surface area (Å²) < 4.78 is 4.84. The zero-order valence-electron chi connectivity index (χ0n) is 12.0. The molecule has 21 heavy (non-hydrogen) atoms. The lowest BCUT2D eigenvalue weighted by Crippen LogP contribution is -2.57. The Morgan fingerprint density at radius 2 is 1.86 bits per heavy atom. The van der Waals surface area contributed by atoms with Gasteiger partial charge in [-0.05, 0) is 13.8 Å². The summed E-state index contributed by atoms with van der Waals surface area (Å²) in [5, 5.41) is 9.12. The number of esters is 1. The molecule has 6 heteroatoms. The highest BCUT2D eigenvalue weighted by molar-refractivity contribution is 6.01. The lowest BCUT2D eigenvalue weighted by molar-refractivity contribution is -0.158. The zero-order chi connectivity index (χ0) is 16.0. The highest BCUT2D eigenvalue weighted by Crippen LogP contribution is 2.23. The van der Waals surface area contributed by atoms with E-state index in [4.69, 9.17) is 15.6 Å². The maximum Gasteiger partial charge on any atom is 0.327 e. The number of benzene rings is 1. The monoisotopic (exact) mass is 293 g/mol. The molecule has 0 amide bonds. The van der Waals surface area contributed by atoms with Crippen molar-refractivity contribution in [1.82, 2.24) is 0 Å². The minimum Gasteiger partial charge on any atom is -0.481 e. The molecule has 6 nitrogen and oxygen atoms in total. The van der Waals surface area contributed by atoms with Crippen molar-refractivity contribution < 1.29 is 24.2 Å². The fraction of sp³-hybridized carbons (Fsp3) is 0.400. The van der Waals surface area contributed by atoms with E-state index in [9.17, 15) is 14.4 Å². The topological polar surface area (TPSA) is 107 Å². The molecule has 2 atom stereocenters. The van der Waals surface area contributed by atoms with Crippen molar-refractivity contribution in [3.05, 3.63) is 35.9 Å². The van der Waals surface area contributed by atoms with Crippen molar-refractivity contribution in [3.63, 3.8) is 0 Å². The standard InChI is InChI=1S/C15H19NO5/c1-3-21-14(20)15(16,10(2)13(18)19)9-12(17)11-7-5-4-6-8-11/h4-8,10H,3,9,16H2,1-2H3,(H,18,19)/t10?,15-/m0/s1. The molecule has 0 aliphatic heterocycles. The summed E-state index contributed by atoms with van der Waals surface area (Å²) in [6, 6.07) is 8.27. The highest BCUT2D eigenvalue weighted by Gasteiger charge is 2.46. The molecule has 0 aliphatic rings. The first-order chi connectivity index (χ1) is 9.82. The summed E-state index contributed by atoms with van der Waals surface area (Å²) in [4.78, 5) is 35.4. The van der Waals surface area contributed by atoms with Gasteiger partial charge in [0.15, 0.2) is 5.78 Å². The van der Waals surface area contributed by atoms with Gasteiger partial charge >= 0.3 is 11.9 Å². The third-order valence-corrected chi connectivity index (χ3v) is 3.35. The van der Waals surface area contributed by atoms with Crippen LogP contribution in [0.4, 0.5) is 0 Å². The fourth-order valence-electron chi connectivity index (χ4n) is 1.88. The number of aliphatic carboxylic acids is 1. The Hall–Kier alpha value is -2.21. The van der Waals surface area contributed by atoms with Crippen LogP contribution >= 0.6 is 0 Å². The smallest absolute Gasteiger partial charge is 0.327 e. The lowest BCUT2D eigenvalue weighted by atomic mass is 9.80. The number of nitrogens with two attached hydrogens (primary N) is 1. The minimum atomic E-state index is -1.89. The maximum absolute atomic E-state index is 12.2. The minimum absolute atomic E-state index is 0.0592. The van der Waals surface area contributed by atoms with Gasteiger partial charge in [-0.2, -0.15) is 0 Å². The molecule has 1 rings (SSSR count). The van der Waals surface area contributed by atoms with Gasteiger partial charge < -0.3 is 15.6 Å². The van der Waals surface area contributed by atoms with Gasteiger partial charge in [-0.25, -0.2) is 0 Å². The predicted molar refractivity (Wildman–Crippen MR) is 75.7 cm³/mol. The molecule has 1 unspecified atom stereocenters. The number of hydrogen-bond acceptors (Lipinski definition) is 5. The Morgan fingerprint density at radius 3 is 2.33 bits per heavy atom. The van der Waals surface area contributed by atoms with E-state index in [0.29, 0.717) is 5.56 Å². The largest absolute Gasteiger partial charge is 0.481 e. The number of hydrogen-bond donors (Lipinski definition) is 2. The first-order valence-corrected chi connectivity index (χ1v) is 6.60. The second kappa shape index (κ2) is 6.99. The summed E-state index contributed by atoms with van der Waals surface area (Å²) >= 11 is 0. The van der Waals surface area contributed by atoms with Crippen LogP contribution in [-0.4, -0.2) is 35.0 Å². The molecular formula is C15H19NO5. The average Bonchev–Trinajstić information content (AvgIpc) is 2.47. The molecule has 0 aromatic heterocycles. The van der Waals surface area contributed by atoms with Gasteiger partial charge in [-0.15, -0.1) is 0 Å². The van der Waals surface area contributed by atoms with Gasteiger partial charge in [0.1, 0.15) is 5.54 Å². The first-order valence-electron chi connectivity index (χ1n) is 6.60. The van der Waals surface area contributed by atoms with Crippen LogP contribution in [-0.2, 0) is 14.3 Å². The molecule has 1 aromatic carbocycles. The Bertz CT molecular complexity index is 528. The SMILES string of the molecule is CCOC(=O)[C@](N)(CC(=O)c1ccccc1)C(C)C(=O)O. The number of Topliss-reactive ketones (excluding diaryl/α,β-unsaturated/α-hetero) is 1. The fourth-order valence-corrected chi connectivity index (χ4v) is 1.88. The van der Waals surface area contributed by atoms with Gasteiger partial charge in [0.2, 0.25) is 0 Å². The summed E-state index contributed by atoms with van der Waals surface area (Å²) in [6.45, 7) is 2.93. The second-order valence-corrected chi connectivity index (χ2v) is 4.79. The third-order valence-electron chi connectivity index (χ3n) is 3.35. The van der Waals surface area contributed by atoms with Gasteiger partial charge in [0, 0.05) is 12.0 Å². The predicted octanol–water partition coefficient (Wildman–Crippen LogP) is 1.24. The number of carbonyl (C=O) groups excluding carboxylic acids is 2. The number of rotatable bonds is 7. The van der Waals surface area contributed by atoms with E-state index >= 15 is 0 Å². The van der Waals surface area contributed by atoms with E-state index in [2.05, 4.69) is 0 Å². The van der Waals surface area contributed by atoms with E-state index < -0.39 is 35.6 Å². The Labute approximate surface area is 122 Å². The Morgan fingerprint density at radius 1 is 1.29 bits per heavy atom. The molecular weight excluding hydrogens is 274 g/mol. The summed E-state index contributed by atoms with van der Waals surface area (Å²) in [6.07, 6.45) is -0.427. The van der Waals surface area contributed by atoms with Crippen LogP contribution in [0.1, 0.15) is 30.6 Å². The molecule has 0 bridgehead atoms. The van der Waals surface area contributed by atoms with E-state index in [-0.39, 0.29) is 6.61 Å². The van der Waals surface area contributed by atoms with Gasteiger partial charge in [0.05, 0.1) is 12.5 Å². The van der Waals surface area contributed by atoms with Crippen LogP contribution in [0, 0.1) is 5.92 Å². The summed E-state index contributed by atoms with van der Waals surface area (Å²) in [7, 11) is 0. The molecule has 3 N–H and O–H groups in total. The van der Waals surface area contributed by atoms with Crippen LogP contribution in [0.25, 0.3) is 0 Å². The highest BCUT2D eigenvalue weighted by atomic mass is 16.5. The van der Waals surface area contributed by atoms with E-state index in [1.54, 1.807) is 37.3 Å². The van der Waals surface area contributed by atoms with Crippen molar-refractivity contribution in [1.29, 1.82) is 0 Å². The number of ether oxygens (including phenoxy) is 1. The molecule has 114 valence electrons. The quantitative estimate of drug-likeness (QED) is 0.578. The maximum atomic E-state index is 12.2. The van der Waals surface area contributed by atoms with E-state index in [0.717, 1.165) is 0 Å². The first kappa shape index (κ1) is 16.8. The second-order valence-electron chi connectivity index (χ2n) is 4.79. The van der Waals surface area contributed by atoms with Gasteiger partial charge in [0.25, 0.3) is 0 Å². The van der Waals surface area contributed by atoms with Crippen molar-refractivity contribution >= 4 is 17.7 Å². The number of carboxylic acids is 1. The molecule has 0 heterocycles. The average molecular weight is 293 g/mol.